The Bertz CT molecular complexity index is 1430. The van der Waals surface area contributed by atoms with Crippen molar-refractivity contribution < 1.29 is 14.3 Å². The highest BCUT2D eigenvalue weighted by molar-refractivity contribution is 6.42. The predicted octanol–water partition coefficient (Wildman–Crippen LogP) is 6.22. The quantitative estimate of drug-likeness (QED) is 0.273. The van der Waals surface area contributed by atoms with Gasteiger partial charge in [-0.05, 0) is 67.6 Å². The minimum Gasteiger partial charge on any atom is -0.497 e. The largest absolute Gasteiger partial charge is 0.497 e. The molecule has 0 spiro atoms. The lowest BCUT2D eigenvalue weighted by Gasteiger charge is -2.36. The van der Waals surface area contributed by atoms with E-state index in [0.29, 0.717) is 59.9 Å². The Kier molecular flexibility index (Phi) is 7.77. The first-order valence-electron chi connectivity index (χ1n) is 12.4. The van der Waals surface area contributed by atoms with Crippen molar-refractivity contribution in [3.63, 3.8) is 0 Å². The Morgan fingerprint density at radius 2 is 1.66 bits per heavy atom. The number of piperazine rings is 1. The molecule has 7 nitrogen and oxygen atoms in total. The zero-order chi connectivity index (χ0) is 26.6. The predicted molar refractivity (Wildman–Crippen MR) is 151 cm³/mol. The topological polar surface area (TPSA) is 59.8 Å². The molecule has 0 radical (unpaired) electrons. The molecule has 4 aromatic rings. The molecule has 38 heavy (non-hydrogen) atoms. The zero-order valence-corrected chi connectivity index (χ0v) is 22.7. The van der Waals surface area contributed by atoms with Crippen LogP contribution in [0.1, 0.15) is 17.4 Å². The summed E-state index contributed by atoms with van der Waals surface area (Å²) in [5.74, 6) is 1.51. The average Bonchev–Trinajstić information content (AvgIpc) is 3.40. The van der Waals surface area contributed by atoms with Crippen LogP contribution in [-0.2, 0) is 0 Å². The molecule has 1 fully saturated rings. The van der Waals surface area contributed by atoms with Gasteiger partial charge in [-0.15, -0.1) is 0 Å². The number of rotatable bonds is 7. The van der Waals surface area contributed by atoms with Crippen molar-refractivity contribution in [3.8, 4) is 28.4 Å². The number of nitrogens with zero attached hydrogens (tertiary/aromatic N) is 4. The number of para-hydroxylation sites is 2. The molecule has 0 unspecified atom stereocenters. The Hall–Kier alpha value is -3.68. The van der Waals surface area contributed by atoms with Crippen LogP contribution in [0, 0.1) is 0 Å². The number of hydrogen-bond acceptors (Lipinski definition) is 5. The molecule has 0 saturated carbocycles. The van der Waals surface area contributed by atoms with E-state index in [1.807, 2.05) is 60.4 Å². The third kappa shape index (κ3) is 5.30. The molecule has 196 valence electrons. The second-order valence-corrected chi connectivity index (χ2v) is 9.65. The minimum atomic E-state index is -0.0962. The van der Waals surface area contributed by atoms with E-state index in [-0.39, 0.29) is 5.91 Å². The number of carbonyl (C=O) groups excluding carboxylic acids is 1. The summed E-state index contributed by atoms with van der Waals surface area (Å²) in [6.45, 7) is 5.12. The number of hydrogen-bond donors (Lipinski definition) is 0. The standard InChI is InChI=1S/C29H28Cl2N4O3/c1-3-38-28-7-5-4-6-26(28)33-14-16-34(17-15-33)29(36)27-19-25(20-8-11-22(37-2)12-9-20)32-35(27)21-10-13-23(30)24(31)18-21/h4-13,18-19H,3,14-17H2,1-2H3. The van der Waals surface area contributed by atoms with Crippen LogP contribution in [0.15, 0.2) is 72.8 Å². The Morgan fingerprint density at radius 1 is 0.921 bits per heavy atom. The van der Waals surface area contributed by atoms with E-state index in [9.17, 15) is 4.79 Å². The van der Waals surface area contributed by atoms with Crippen molar-refractivity contribution in [2.45, 2.75) is 6.92 Å². The van der Waals surface area contributed by atoms with Gasteiger partial charge in [0.25, 0.3) is 5.91 Å². The monoisotopic (exact) mass is 550 g/mol. The first-order valence-corrected chi connectivity index (χ1v) is 13.2. The number of benzene rings is 3. The molecular formula is C29H28Cl2N4O3. The summed E-state index contributed by atoms with van der Waals surface area (Å²) in [7, 11) is 1.62. The van der Waals surface area contributed by atoms with Crippen LogP contribution in [0.3, 0.4) is 0 Å². The molecule has 0 N–H and O–H groups in total. The van der Waals surface area contributed by atoms with Crippen LogP contribution < -0.4 is 14.4 Å². The summed E-state index contributed by atoms with van der Waals surface area (Å²) < 4.78 is 12.7. The first kappa shape index (κ1) is 25.9. The first-order chi connectivity index (χ1) is 18.5. The molecule has 0 atom stereocenters. The number of carbonyl (C=O) groups is 1. The lowest BCUT2D eigenvalue weighted by atomic mass is 10.1. The van der Waals surface area contributed by atoms with Gasteiger partial charge in [-0.25, -0.2) is 4.68 Å². The van der Waals surface area contributed by atoms with Crippen LogP contribution in [-0.4, -0.2) is 60.5 Å². The molecule has 9 heteroatoms. The molecule has 0 bridgehead atoms. The Labute approximate surface area is 232 Å². The Morgan fingerprint density at radius 3 is 2.34 bits per heavy atom. The van der Waals surface area contributed by atoms with Gasteiger partial charge in [0.1, 0.15) is 17.2 Å². The van der Waals surface area contributed by atoms with Gasteiger partial charge in [-0.2, -0.15) is 5.10 Å². The summed E-state index contributed by atoms with van der Waals surface area (Å²) in [5, 5.41) is 5.62. The van der Waals surface area contributed by atoms with Gasteiger partial charge < -0.3 is 19.3 Å². The van der Waals surface area contributed by atoms with Gasteiger partial charge in [-0.3, -0.25) is 4.79 Å². The minimum absolute atomic E-state index is 0.0962. The maximum absolute atomic E-state index is 13.8. The highest BCUT2D eigenvalue weighted by Gasteiger charge is 2.27. The van der Waals surface area contributed by atoms with Crippen molar-refractivity contribution in [3.05, 3.63) is 88.5 Å². The molecule has 1 amide bonds. The fraction of sp³-hybridized carbons (Fsp3) is 0.241. The van der Waals surface area contributed by atoms with Crippen molar-refractivity contribution in [1.29, 1.82) is 0 Å². The fourth-order valence-corrected chi connectivity index (χ4v) is 4.85. The number of halogens is 2. The van der Waals surface area contributed by atoms with E-state index in [4.69, 9.17) is 37.8 Å². The molecule has 2 heterocycles. The van der Waals surface area contributed by atoms with Crippen LogP contribution in [0.5, 0.6) is 11.5 Å². The SMILES string of the molecule is CCOc1ccccc1N1CCN(C(=O)c2cc(-c3ccc(OC)cc3)nn2-c2ccc(Cl)c(Cl)c2)CC1. The summed E-state index contributed by atoms with van der Waals surface area (Å²) in [5.41, 5.74) is 3.70. The van der Waals surface area contributed by atoms with E-state index in [0.717, 1.165) is 22.7 Å². The summed E-state index contributed by atoms with van der Waals surface area (Å²) in [4.78, 5) is 18.0. The van der Waals surface area contributed by atoms with Crippen molar-refractivity contribution >= 4 is 34.8 Å². The zero-order valence-electron chi connectivity index (χ0n) is 21.2. The highest BCUT2D eigenvalue weighted by Crippen LogP contribution is 2.31. The summed E-state index contributed by atoms with van der Waals surface area (Å²) in [6, 6.07) is 22.6. The van der Waals surface area contributed by atoms with Crippen molar-refractivity contribution in [1.82, 2.24) is 14.7 Å². The van der Waals surface area contributed by atoms with Gasteiger partial charge in [0.15, 0.2) is 0 Å². The molecule has 1 saturated heterocycles. The van der Waals surface area contributed by atoms with E-state index < -0.39 is 0 Å². The molecule has 1 aliphatic heterocycles. The van der Waals surface area contributed by atoms with Crippen molar-refractivity contribution in [2.75, 3.05) is 44.8 Å². The average molecular weight is 551 g/mol. The summed E-state index contributed by atoms with van der Waals surface area (Å²) in [6.07, 6.45) is 0. The summed E-state index contributed by atoms with van der Waals surface area (Å²) >= 11 is 12.5. The van der Waals surface area contributed by atoms with E-state index in [1.54, 1.807) is 30.0 Å². The normalized spacial score (nSPS) is 13.5. The van der Waals surface area contributed by atoms with Gasteiger partial charge >= 0.3 is 0 Å². The van der Waals surface area contributed by atoms with Gasteiger partial charge in [0, 0.05) is 31.7 Å². The third-order valence-electron chi connectivity index (χ3n) is 6.53. The van der Waals surface area contributed by atoms with E-state index in [1.165, 1.54) is 0 Å². The fourth-order valence-electron chi connectivity index (χ4n) is 4.56. The maximum Gasteiger partial charge on any atom is 0.272 e. The molecule has 5 rings (SSSR count). The van der Waals surface area contributed by atoms with E-state index in [2.05, 4.69) is 11.0 Å². The molecule has 1 aromatic heterocycles. The lowest BCUT2D eigenvalue weighted by Crippen LogP contribution is -2.49. The number of ether oxygens (including phenoxy) is 2. The number of aromatic nitrogens is 2. The molecular weight excluding hydrogens is 523 g/mol. The number of amides is 1. The molecule has 1 aliphatic rings. The van der Waals surface area contributed by atoms with Crippen LogP contribution >= 0.6 is 23.2 Å². The van der Waals surface area contributed by atoms with Crippen molar-refractivity contribution in [2.24, 2.45) is 0 Å². The van der Waals surface area contributed by atoms with Crippen LogP contribution in [0.25, 0.3) is 16.9 Å². The van der Waals surface area contributed by atoms with Crippen LogP contribution in [0.2, 0.25) is 10.0 Å². The van der Waals surface area contributed by atoms with Crippen LogP contribution in [0.4, 0.5) is 5.69 Å². The maximum atomic E-state index is 13.8. The number of anilines is 1. The third-order valence-corrected chi connectivity index (χ3v) is 7.27. The Balaban J connectivity index is 1.43. The molecule has 3 aromatic carbocycles. The van der Waals surface area contributed by atoms with Gasteiger partial charge in [-0.1, -0.05) is 35.3 Å². The van der Waals surface area contributed by atoms with Gasteiger partial charge in [0.2, 0.25) is 0 Å². The smallest absolute Gasteiger partial charge is 0.272 e. The van der Waals surface area contributed by atoms with E-state index >= 15 is 0 Å². The number of methoxy groups -OCH3 is 1. The molecule has 0 aliphatic carbocycles. The lowest BCUT2D eigenvalue weighted by molar-refractivity contribution is 0.0737. The highest BCUT2D eigenvalue weighted by atomic mass is 35.5. The second-order valence-electron chi connectivity index (χ2n) is 8.83. The second kappa shape index (κ2) is 11.4. The van der Waals surface area contributed by atoms with Gasteiger partial charge in [0.05, 0.1) is 40.8 Å².